The molecule has 1 aromatic rings. The average Bonchev–Trinajstić information content (AvgIpc) is 3.02. The maximum atomic E-state index is 6.14. The zero-order valence-corrected chi connectivity index (χ0v) is 11.7. The number of hydrogen-bond donors (Lipinski definition) is 2. The van der Waals surface area contributed by atoms with Gasteiger partial charge in [-0.1, -0.05) is 12.5 Å². The lowest BCUT2D eigenvalue weighted by Crippen LogP contribution is -2.20. The lowest BCUT2D eigenvalue weighted by molar-refractivity contribution is 0.341. The molecule has 0 saturated heterocycles. The van der Waals surface area contributed by atoms with E-state index < -0.39 is 0 Å². The first-order chi connectivity index (χ1) is 9.28. The van der Waals surface area contributed by atoms with Crippen molar-refractivity contribution < 1.29 is 4.74 Å². The summed E-state index contributed by atoms with van der Waals surface area (Å²) in [5, 5.41) is 3.53. The predicted octanol–water partition coefficient (Wildman–Crippen LogP) is 3.52. The summed E-state index contributed by atoms with van der Waals surface area (Å²) in [4.78, 5) is 0. The van der Waals surface area contributed by atoms with Crippen LogP contribution in [0, 0.1) is 17.8 Å². The maximum Gasteiger partial charge on any atom is 0.144 e. The molecule has 0 radical (unpaired) electrons. The van der Waals surface area contributed by atoms with Crippen molar-refractivity contribution in [1.82, 2.24) is 0 Å². The lowest BCUT2D eigenvalue weighted by atomic mass is 9.89. The van der Waals surface area contributed by atoms with Crippen molar-refractivity contribution in [2.24, 2.45) is 17.8 Å². The van der Waals surface area contributed by atoms with Crippen LogP contribution in [0.5, 0.6) is 5.75 Å². The third-order valence-electron chi connectivity index (χ3n) is 4.81. The summed E-state index contributed by atoms with van der Waals surface area (Å²) in [6, 6.07) is 5.98. The molecule has 104 valence electrons. The molecular formula is C16H24N2O. The van der Waals surface area contributed by atoms with Gasteiger partial charge in [0.05, 0.1) is 18.0 Å². The van der Waals surface area contributed by atoms with Crippen molar-refractivity contribution in [1.29, 1.82) is 0 Å². The number of anilines is 2. The van der Waals surface area contributed by atoms with Gasteiger partial charge >= 0.3 is 0 Å². The van der Waals surface area contributed by atoms with Crippen molar-refractivity contribution >= 4 is 11.4 Å². The number of nitrogens with two attached hydrogens (primary N) is 1. The molecule has 3 heteroatoms. The van der Waals surface area contributed by atoms with Crippen molar-refractivity contribution in [2.45, 2.75) is 32.6 Å². The van der Waals surface area contributed by atoms with Crippen LogP contribution in [-0.2, 0) is 0 Å². The molecule has 3 nitrogen and oxygen atoms in total. The van der Waals surface area contributed by atoms with Gasteiger partial charge in [0.2, 0.25) is 0 Å². The van der Waals surface area contributed by atoms with Crippen LogP contribution in [-0.4, -0.2) is 13.2 Å². The van der Waals surface area contributed by atoms with Gasteiger partial charge in [0, 0.05) is 6.54 Å². The normalized spacial score (nSPS) is 28.6. The third kappa shape index (κ3) is 2.51. The molecule has 0 heterocycles. The van der Waals surface area contributed by atoms with Gasteiger partial charge in [-0.3, -0.25) is 0 Å². The Hall–Kier alpha value is -1.38. The Kier molecular flexibility index (Phi) is 3.54. The van der Waals surface area contributed by atoms with Gasteiger partial charge in [-0.15, -0.1) is 0 Å². The molecule has 3 rings (SSSR count). The largest absolute Gasteiger partial charge is 0.492 e. The highest BCUT2D eigenvalue weighted by Gasteiger charge is 2.39. The molecule has 2 aliphatic carbocycles. The monoisotopic (exact) mass is 260 g/mol. The first-order valence-corrected chi connectivity index (χ1v) is 7.53. The van der Waals surface area contributed by atoms with E-state index >= 15 is 0 Å². The Balaban J connectivity index is 1.62. The van der Waals surface area contributed by atoms with Crippen molar-refractivity contribution in [2.75, 3.05) is 24.2 Å². The first kappa shape index (κ1) is 12.6. The SMILES string of the molecule is CCOc1cccc(NCC2CC3CCC2C3)c1N. The number of para-hydroxylation sites is 1. The van der Waals surface area contributed by atoms with Crippen LogP contribution in [0.15, 0.2) is 18.2 Å². The van der Waals surface area contributed by atoms with Crippen LogP contribution in [0.2, 0.25) is 0 Å². The molecule has 2 fully saturated rings. The van der Waals surface area contributed by atoms with E-state index in [0.717, 1.165) is 41.4 Å². The molecule has 0 spiro atoms. The predicted molar refractivity (Wildman–Crippen MR) is 79.5 cm³/mol. The second-order valence-electron chi connectivity index (χ2n) is 5.97. The van der Waals surface area contributed by atoms with Crippen LogP contribution in [0.25, 0.3) is 0 Å². The number of fused-ring (bicyclic) bond motifs is 2. The molecule has 2 saturated carbocycles. The van der Waals surface area contributed by atoms with E-state index in [4.69, 9.17) is 10.5 Å². The fourth-order valence-electron chi connectivity index (χ4n) is 3.85. The van der Waals surface area contributed by atoms with Crippen molar-refractivity contribution in [3.63, 3.8) is 0 Å². The van der Waals surface area contributed by atoms with Crippen LogP contribution < -0.4 is 15.8 Å². The molecule has 3 atom stereocenters. The van der Waals surface area contributed by atoms with Crippen molar-refractivity contribution in [3.8, 4) is 5.75 Å². The van der Waals surface area contributed by atoms with Gasteiger partial charge < -0.3 is 15.8 Å². The summed E-state index contributed by atoms with van der Waals surface area (Å²) in [5.41, 5.74) is 7.91. The summed E-state index contributed by atoms with van der Waals surface area (Å²) >= 11 is 0. The highest BCUT2D eigenvalue weighted by atomic mass is 16.5. The van der Waals surface area contributed by atoms with Crippen LogP contribution in [0.3, 0.4) is 0 Å². The zero-order chi connectivity index (χ0) is 13.2. The Morgan fingerprint density at radius 1 is 1.32 bits per heavy atom. The zero-order valence-electron chi connectivity index (χ0n) is 11.7. The Morgan fingerprint density at radius 3 is 2.89 bits per heavy atom. The summed E-state index contributed by atoms with van der Waals surface area (Å²) in [6.45, 7) is 3.69. The van der Waals surface area contributed by atoms with E-state index in [2.05, 4.69) is 5.32 Å². The quantitative estimate of drug-likeness (QED) is 0.796. The smallest absolute Gasteiger partial charge is 0.144 e. The molecule has 0 amide bonds. The van der Waals surface area contributed by atoms with E-state index in [1.54, 1.807) is 0 Å². The van der Waals surface area contributed by atoms with Crippen LogP contribution in [0.4, 0.5) is 11.4 Å². The number of rotatable bonds is 5. The third-order valence-corrected chi connectivity index (χ3v) is 4.81. The minimum atomic E-state index is 0.653. The highest BCUT2D eigenvalue weighted by Crippen LogP contribution is 2.48. The molecule has 3 N–H and O–H groups in total. The fourth-order valence-corrected chi connectivity index (χ4v) is 3.85. The molecule has 2 aliphatic rings. The maximum absolute atomic E-state index is 6.14. The standard InChI is InChI=1S/C16H24N2O/c1-2-19-15-5-3-4-14(16(15)17)18-10-13-9-11-6-7-12(13)8-11/h3-5,11-13,18H,2,6-10,17H2,1H3. The summed E-state index contributed by atoms with van der Waals surface area (Å²) in [5.74, 6) is 3.59. The molecule has 19 heavy (non-hydrogen) atoms. The average molecular weight is 260 g/mol. The molecule has 0 aromatic heterocycles. The Bertz CT molecular complexity index is 446. The van der Waals surface area contributed by atoms with Gasteiger partial charge in [-0.2, -0.15) is 0 Å². The fraction of sp³-hybridized carbons (Fsp3) is 0.625. The lowest BCUT2D eigenvalue weighted by Gasteiger charge is -2.23. The molecule has 0 aliphatic heterocycles. The summed E-state index contributed by atoms with van der Waals surface area (Å²) in [7, 11) is 0. The highest BCUT2D eigenvalue weighted by molar-refractivity contribution is 5.72. The Morgan fingerprint density at radius 2 is 2.21 bits per heavy atom. The first-order valence-electron chi connectivity index (χ1n) is 7.53. The molecule has 2 bridgehead atoms. The minimum absolute atomic E-state index is 0.653. The van der Waals surface area contributed by atoms with Gasteiger partial charge in [-0.25, -0.2) is 0 Å². The van der Waals surface area contributed by atoms with E-state index in [-0.39, 0.29) is 0 Å². The summed E-state index contributed by atoms with van der Waals surface area (Å²) in [6.07, 6.45) is 5.76. The second kappa shape index (κ2) is 5.32. The number of nitrogens with one attached hydrogen (secondary N) is 1. The second-order valence-corrected chi connectivity index (χ2v) is 5.97. The van der Waals surface area contributed by atoms with Gasteiger partial charge in [0.25, 0.3) is 0 Å². The summed E-state index contributed by atoms with van der Waals surface area (Å²) < 4.78 is 5.53. The number of nitrogen functional groups attached to an aromatic ring is 1. The number of ether oxygens (including phenoxy) is 1. The molecule has 3 unspecified atom stereocenters. The van der Waals surface area contributed by atoms with Crippen LogP contribution in [0.1, 0.15) is 32.6 Å². The minimum Gasteiger partial charge on any atom is -0.492 e. The number of hydrogen-bond acceptors (Lipinski definition) is 3. The number of benzene rings is 1. The van der Waals surface area contributed by atoms with Gasteiger partial charge in [-0.05, 0) is 56.1 Å². The van der Waals surface area contributed by atoms with E-state index in [1.807, 2.05) is 25.1 Å². The Labute approximate surface area is 115 Å². The van der Waals surface area contributed by atoms with Gasteiger partial charge in [0.1, 0.15) is 5.75 Å². The molecular weight excluding hydrogens is 236 g/mol. The van der Waals surface area contributed by atoms with E-state index in [9.17, 15) is 0 Å². The van der Waals surface area contributed by atoms with Gasteiger partial charge in [0.15, 0.2) is 0 Å². The van der Waals surface area contributed by atoms with Crippen LogP contribution >= 0.6 is 0 Å². The topological polar surface area (TPSA) is 47.3 Å². The van der Waals surface area contributed by atoms with Crippen molar-refractivity contribution in [3.05, 3.63) is 18.2 Å². The molecule has 1 aromatic carbocycles. The van der Waals surface area contributed by atoms with E-state index in [0.29, 0.717) is 6.61 Å². The van der Waals surface area contributed by atoms with E-state index in [1.165, 1.54) is 25.7 Å².